The second-order valence-electron chi connectivity index (χ2n) is 3.72. The smallest absolute Gasteiger partial charge is 0.266 e. The maximum atomic E-state index is 11.8. The molecule has 0 saturated heterocycles. The first-order valence-electron chi connectivity index (χ1n) is 5.56. The number of hydrogen-bond acceptors (Lipinski definition) is 5. The topological polar surface area (TPSA) is 75.0 Å². The molecule has 0 fully saturated rings. The van der Waals surface area contributed by atoms with Crippen molar-refractivity contribution < 1.29 is 9.53 Å². The Morgan fingerprint density at radius 2 is 2.21 bits per heavy atom. The normalized spacial score (nSPS) is 11.4. The van der Waals surface area contributed by atoms with Crippen molar-refractivity contribution in [3.63, 3.8) is 0 Å². The highest BCUT2D eigenvalue weighted by Crippen LogP contribution is 2.15. The van der Waals surface area contributed by atoms with Crippen molar-refractivity contribution in [2.45, 2.75) is 13.0 Å². The first kappa shape index (κ1) is 13.1. The quantitative estimate of drug-likeness (QED) is 0.928. The van der Waals surface area contributed by atoms with Gasteiger partial charge in [0.05, 0.1) is 11.6 Å². The van der Waals surface area contributed by atoms with Gasteiger partial charge in [-0.15, -0.1) is 11.3 Å². The Labute approximate surface area is 114 Å². The van der Waals surface area contributed by atoms with Crippen LogP contribution in [0.3, 0.4) is 0 Å². The molecule has 19 heavy (non-hydrogen) atoms. The van der Waals surface area contributed by atoms with Crippen molar-refractivity contribution in [3.05, 3.63) is 41.4 Å². The molecule has 96 valence electrons. The van der Waals surface area contributed by atoms with Gasteiger partial charge in [0.2, 0.25) is 0 Å². The van der Waals surface area contributed by atoms with E-state index in [9.17, 15) is 4.79 Å². The number of carbonyl (C=O) groups excluding carboxylic acids is 1. The fourth-order valence-electron chi connectivity index (χ4n) is 1.36. The molecule has 2 rings (SSSR count). The van der Waals surface area contributed by atoms with Crippen LogP contribution >= 0.6 is 11.3 Å². The minimum Gasteiger partial charge on any atom is -0.481 e. The lowest BCUT2D eigenvalue weighted by molar-refractivity contribution is -0.122. The van der Waals surface area contributed by atoms with Crippen LogP contribution in [0.1, 0.15) is 12.5 Å². The number of benzene rings is 1. The standard InChI is InChI=1S/C13H11N3O2S/c1-9(12(17)16-13-15-6-7-19-13)18-11-4-2-10(8-14)3-5-11/h2-7,9H,1H3,(H,15,16,17). The molecule has 2 aromatic rings. The lowest BCUT2D eigenvalue weighted by atomic mass is 10.2. The highest BCUT2D eigenvalue weighted by molar-refractivity contribution is 7.13. The predicted octanol–water partition coefficient (Wildman–Crippen LogP) is 2.42. The van der Waals surface area contributed by atoms with Crippen molar-refractivity contribution in [2.75, 3.05) is 5.32 Å². The second-order valence-corrected chi connectivity index (χ2v) is 4.62. The number of hydrogen-bond donors (Lipinski definition) is 1. The van der Waals surface area contributed by atoms with E-state index < -0.39 is 6.10 Å². The molecule has 0 aliphatic heterocycles. The van der Waals surface area contributed by atoms with E-state index >= 15 is 0 Å². The molecule has 1 N–H and O–H groups in total. The van der Waals surface area contributed by atoms with Crippen molar-refractivity contribution in [1.82, 2.24) is 4.98 Å². The zero-order valence-corrected chi connectivity index (χ0v) is 11.0. The number of anilines is 1. The Kier molecular flexibility index (Phi) is 4.11. The van der Waals surface area contributed by atoms with Gasteiger partial charge in [-0.05, 0) is 31.2 Å². The zero-order valence-electron chi connectivity index (χ0n) is 10.2. The summed E-state index contributed by atoms with van der Waals surface area (Å²) in [5, 5.41) is 13.7. The van der Waals surface area contributed by atoms with E-state index in [4.69, 9.17) is 10.00 Å². The number of amides is 1. The van der Waals surface area contributed by atoms with E-state index in [0.717, 1.165) is 0 Å². The minimum absolute atomic E-state index is 0.265. The number of ether oxygens (including phenoxy) is 1. The van der Waals surface area contributed by atoms with Crippen molar-refractivity contribution in [2.24, 2.45) is 0 Å². The van der Waals surface area contributed by atoms with Crippen LogP contribution in [0.4, 0.5) is 5.13 Å². The van der Waals surface area contributed by atoms with Crippen molar-refractivity contribution >= 4 is 22.4 Å². The fraction of sp³-hybridized carbons (Fsp3) is 0.154. The van der Waals surface area contributed by atoms with Crippen molar-refractivity contribution in [3.8, 4) is 11.8 Å². The number of nitriles is 1. The summed E-state index contributed by atoms with van der Waals surface area (Å²) in [4.78, 5) is 15.8. The van der Waals surface area contributed by atoms with Crippen LogP contribution in [0.15, 0.2) is 35.8 Å². The van der Waals surface area contributed by atoms with Crippen molar-refractivity contribution in [1.29, 1.82) is 5.26 Å². The average molecular weight is 273 g/mol. The predicted molar refractivity (Wildman–Crippen MR) is 72.0 cm³/mol. The molecule has 1 aromatic heterocycles. The number of nitrogens with zero attached hydrogens (tertiary/aromatic N) is 2. The highest BCUT2D eigenvalue weighted by atomic mass is 32.1. The van der Waals surface area contributed by atoms with Gasteiger partial charge in [0.25, 0.3) is 5.91 Å². The summed E-state index contributed by atoms with van der Waals surface area (Å²) in [6.07, 6.45) is 0.976. The van der Waals surface area contributed by atoms with Crippen LogP contribution in [0, 0.1) is 11.3 Å². The molecule has 1 unspecified atom stereocenters. The Hall–Kier alpha value is -2.39. The van der Waals surface area contributed by atoms with E-state index in [1.54, 1.807) is 42.8 Å². The molecule has 1 atom stereocenters. The minimum atomic E-state index is -0.642. The maximum Gasteiger partial charge on any atom is 0.266 e. The van der Waals surface area contributed by atoms with Crippen LogP contribution in [0.5, 0.6) is 5.75 Å². The molecule has 1 amide bonds. The molecule has 1 heterocycles. The monoisotopic (exact) mass is 273 g/mol. The molecule has 0 spiro atoms. The molecule has 0 aliphatic carbocycles. The van der Waals surface area contributed by atoms with E-state index in [1.165, 1.54) is 11.3 Å². The lowest BCUT2D eigenvalue weighted by Gasteiger charge is -2.13. The second kappa shape index (κ2) is 5.98. The zero-order chi connectivity index (χ0) is 13.7. The van der Waals surface area contributed by atoms with E-state index in [1.807, 2.05) is 6.07 Å². The van der Waals surface area contributed by atoms with E-state index in [0.29, 0.717) is 16.4 Å². The first-order valence-corrected chi connectivity index (χ1v) is 6.44. The molecule has 0 bridgehead atoms. The molecule has 0 radical (unpaired) electrons. The number of nitrogens with one attached hydrogen (secondary N) is 1. The Morgan fingerprint density at radius 1 is 1.47 bits per heavy atom. The summed E-state index contributed by atoms with van der Waals surface area (Å²) in [6.45, 7) is 1.65. The first-order chi connectivity index (χ1) is 9.19. The average Bonchev–Trinajstić information content (AvgIpc) is 2.92. The third-order valence-electron chi connectivity index (χ3n) is 2.33. The van der Waals surface area contributed by atoms with Gasteiger partial charge >= 0.3 is 0 Å². The molecule has 1 aromatic carbocycles. The van der Waals surface area contributed by atoms with Gasteiger partial charge in [0.15, 0.2) is 11.2 Å². The number of rotatable bonds is 4. The third kappa shape index (κ3) is 3.53. The number of aromatic nitrogens is 1. The van der Waals surface area contributed by atoms with Crippen LogP contribution in [-0.2, 0) is 4.79 Å². The summed E-state index contributed by atoms with van der Waals surface area (Å²) in [6, 6.07) is 8.61. The number of thiazole rings is 1. The summed E-state index contributed by atoms with van der Waals surface area (Å²) in [7, 11) is 0. The van der Waals surface area contributed by atoms with Crippen LogP contribution in [-0.4, -0.2) is 17.0 Å². The molecular formula is C13H11N3O2S. The van der Waals surface area contributed by atoms with Crippen LogP contribution in [0.2, 0.25) is 0 Å². The van der Waals surface area contributed by atoms with Gasteiger partial charge in [-0.3, -0.25) is 10.1 Å². The Bertz CT molecular complexity index is 587. The van der Waals surface area contributed by atoms with E-state index in [2.05, 4.69) is 10.3 Å². The summed E-state index contributed by atoms with van der Waals surface area (Å²) < 4.78 is 5.48. The third-order valence-corrected chi connectivity index (χ3v) is 3.02. The molecular weight excluding hydrogens is 262 g/mol. The molecule has 5 nitrogen and oxygen atoms in total. The SMILES string of the molecule is CC(Oc1ccc(C#N)cc1)C(=O)Nc1nccs1. The Morgan fingerprint density at radius 3 is 2.79 bits per heavy atom. The van der Waals surface area contributed by atoms with Crippen LogP contribution < -0.4 is 10.1 Å². The number of carbonyl (C=O) groups is 1. The molecule has 6 heteroatoms. The van der Waals surface area contributed by atoms with Gasteiger partial charge in [-0.25, -0.2) is 4.98 Å². The fourth-order valence-corrected chi connectivity index (χ4v) is 1.89. The van der Waals surface area contributed by atoms with Crippen LogP contribution in [0.25, 0.3) is 0 Å². The molecule has 0 saturated carbocycles. The highest BCUT2D eigenvalue weighted by Gasteiger charge is 2.15. The van der Waals surface area contributed by atoms with Gasteiger partial charge in [-0.2, -0.15) is 5.26 Å². The lowest BCUT2D eigenvalue weighted by Crippen LogP contribution is -2.30. The van der Waals surface area contributed by atoms with Gasteiger partial charge in [0, 0.05) is 11.6 Å². The van der Waals surface area contributed by atoms with E-state index in [-0.39, 0.29) is 5.91 Å². The van der Waals surface area contributed by atoms with Gasteiger partial charge < -0.3 is 4.74 Å². The summed E-state index contributed by atoms with van der Waals surface area (Å²) >= 11 is 1.35. The maximum absolute atomic E-state index is 11.8. The molecule has 0 aliphatic rings. The summed E-state index contributed by atoms with van der Waals surface area (Å²) in [5.41, 5.74) is 0.548. The Balaban J connectivity index is 1.94. The summed E-state index contributed by atoms with van der Waals surface area (Å²) in [5.74, 6) is 0.278. The van der Waals surface area contributed by atoms with Gasteiger partial charge in [0.1, 0.15) is 5.75 Å². The largest absolute Gasteiger partial charge is 0.481 e. The van der Waals surface area contributed by atoms with Gasteiger partial charge in [-0.1, -0.05) is 0 Å².